The molecule has 2 heterocycles. The predicted molar refractivity (Wildman–Crippen MR) is 322 cm³/mol. The van der Waals surface area contributed by atoms with E-state index in [4.69, 9.17) is 11.5 Å². The number of phenolic OH excluding ortho intramolecular Hbond substituents is 1. The van der Waals surface area contributed by atoms with Gasteiger partial charge in [-0.15, -0.1) is 11.8 Å². The molecule has 0 spiro atoms. The zero-order valence-corrected chi connectivity index (χ0v) is 52.2. The largest absolute Gasteiger partial charge is 0.524 e. The molecule has 0 bridgehead atoms. The van der Waals surface area contributed by atoms with Crippen LogP contribution < -0.4 is 63.8 Å². The Labute approximate surface area is 521 Å². The molecule has 2 aliphatic rings. The first-order chi connectivity index (χ1) is 41.8. The standard InChI is InChI=1S/C55H79N12O19PS2/c1-28(2)21-36-50(77)62-37(23-31-10-14-33(15-11-31)86-87(83,84)85)51(78)60-34(16-17-45(72)73)48(75)63-39(24-42(56)69)53(80)66-46(29(3)4)55(82)58-25-43(70)59-35(18-20-88-5)49(76)61-38(22-30-8-12-32(68)13-9-30)52(79)65-40(47(57)74)26-89-27-44(71)67-19-6-7-41(67)54(81)64-36/h8-15,28-29,34-41,46,68H,6-7,16-27H2,1-5H3,(H2,56,69)(H2,57,74)(H,58,82)(H,59,70)(H,60,78)(H,61,76)(H,62,77)(H,63,75)(H,64,81)(H,65,79)(H,66,80)(H,72,73)(H2,83,84,85)/t34-,35-,36-,37-,38-,39-,40-,41-,46-/m0/s1. The molecule has 0 aliphatic carbocycles. The number of amides is 12. The molecule has 17 N–H and O–H groups in total. The van der Waals surface area contributed by atoms with Gasteiger partial charge in [0.05, 0.1) is 18.7 Å². The molecule has 0 aromatic heterocycles. The highest BCUT2D eigenvalue weighted by molar-refractivity contribution is 8.00. The van der Waals surface area contributed by atoms with Crippen molar-refractivity contribution in [3.8, 4) is 11.5 Å². The van der Waals surface area contributed by atoms with E-state index in [1.807, 2.05) is 0 Å². The SMILES string of the molecule is CSCC[C@@H]1NC(=O)CNC(=O)[C@H](C(C)C)NC(=O)[C@H](CC(N)=O)NC(=O)[C@H](CCC(=O)O)NC(=O)[C@H](Cc2ccc(OP(=O)(O)O)cc2)NC(=O)[C@H](CC(C)C)NC(=O)[C@@H]2CCCN2C(=O)CSC[C@@H](C(N)=O)NC(=O)[C@H](Cc2ccc(O)cc2)NC1=O. The van der Waals surface area contributed by atoms with Crippen molar-refractivity contribution in [3.63, 3.8) is 0 Å². The van der Waals surface area contributed by atoms with E-state index in [0.717, 1.165) is 23.9 Å². The van der Waals surface area contributed by atoms with Crippen LogP contribution in [0.15, 0.2) is 48.5 Å². The number of nitrogens with zero attached hydrogens (tertiary/aromatic N) is 1. The fourth-order valence-corrected chi connectivity index (χ4v) is 11.1. The highest BCUT2D eigenvalue weighted by atomic mass is 32.2. The number of rotatable bonds is 18. The average Bonchev–Trinajstić information content (AvgIpc) is 2.44. The van der Waals surface area contributed by atoms with Crippen LogP contribution in [-0.2, 0) is 79.7 Å². The topological polar surface area (TPSA) is 493 Å². The fraction of sp³-hybridized carbons (Fsp3) is 0.545. The summed E-state index contributed by atoms with van der Waals surface area (Å²) in [6, 6.07) is -3.18. The van der Waals surface area contributed by atoms with Gasteiger partial charge in [-0.3, -0.25) is 72.1 Å². The number of thioether (sulfide) groups is 2. The number of phosphoric ester groups is 1. The molecule has 2 saturated heterocycles. The molecule has 31 nitrogen and oxygen atoms in total. The Morgan fingerprint density at radius 1 is 0.685 bits per heavy atom. The lowest BCUT2D eigenvalue weighted by Gasteiger charge is -2.29. The number of benzene rings is 2. The van der Waals surface area contributed by atoms with Crippen LogP contribution in [0, 0.1) is 11.8 Å². The summed E-state index contributed by atoms with van der Waals surface area (Å²) in [6.07, 6.45) is -0.812. The number of hydrogen-bond acceptors (Lipinski definition) is 18. The van der Waals surface area contributed by atoms with Crippen molar-refractivity contribution in [1.82, 2.24) is 52.8 Å². The molecule has 490 valence electrons. The lowest BCUT2D eigenvalue weighted by Crippen LogP contribution is -2.61. The van der Waals surface area contributed by atoms with Crippen molar-refractivity contribution in [1.29, 1.82) is 0 Å². The highest BCUT2D eigenvalue weighted by Gasteiger charge is 2.39. The van der Waals surface area contributed by atoms with E-state index in [9.17, 15) is 86.9 Å². The van der Waals surface area contributed by atoms with Crippen molar-refractivity contribution in [2.75, 3.05) is 36.6 Å². The molecule has 34 heteroatoms. The minimum absolute atomic E-state index is 0.00262. The van der Waals surface area contributed by atoms with Gasteiger partial charge < -0.3 is 79.0 Å². The summed E-state index contributed by atoms with van der Waals surface area (Å²) in [5.41, 5.74) is 11.9. The number of phosphoric acid groups is 1. The number of nitrogens with two attached hydrogens (primary N) is 2. The molecule has 2 aromatic rings. The van der Waals surface area contributed by atoms with Crippen LogP contribution in [-0.4, -0.2) is 193 Å². The van der Waals surface area contributed by atoms with Crippen LogP contribution in [0.25, 0.3) is 0 Å². The van der Waals surface area contributed by atoms with Crippen molar-refractivity contribution < 1.29 is 91.4 Å². The highest BCUT2D eigenvalue weighted by Crippen LogP contribution is 2.37. The number of hydrogen-bond donors (Lipinski definition) is 15. The summed E-state index contributed by atoms with van der Waals surface area (Å²) in [4.78, 5) is 198. The average molecular weight is 1310 g/mol. The van der Waals surface area contributed by atoms with Crippen LogP contribution in [0.3, 0.4) is 0 Å². The Kier molecular flexibility index (Phi) is 29.1. The molecular formula is C55H79N12O19PS2. The van der Waals surface area contributed by atoms with Gasteiger partial charge in [-0.05, 0) is 91.3 Å². The van der Waals surface area contributed by atoms with E-state index in [2.05, 4.69) is 52.4 Å². The second kappa shape index (κ2) is 35.3. The molecule has 12 amide bonds. The van der Waals surface area contributed by atoms with Gasteiger partial charge in [-0.2, -0.15) is 11.8 Å². The van der Waals surface area contributed by atoms with Crippen molar-refractivity contribution in [2.45, 2.75) is 140 Å². The molecule has 2 aromatic carbocycles. The molecule has 0 unspecified atom stereocenters. The lowest BCUT2D eigenvalue weighted by atomic mass is 10.00. The van der Waals surface area contributed by atoms with E-state index in [1.54, 1.807) is 20.1 Å². The lowest BCUT2D eigenvalue weighted by molar-refractivity contribution is -0.139. The third-order valence-electron chi connectivity index (χ3n) is 13.9. The molecule has 89 heavy (non-hydrogen) atoms. The van der Waals surface area contributed by atoms with Gasteiger partial charge in [0, 0.05) is 31.6 Å². The Morgan fingerprint density at radius 2 is 1.20 bits per heavy atom. The summed E-state index contributed by atoms with van der Waals surface area (Å²) in [7, 11) is -5.02. The Balaban J connectivity index is 1.79. The third-order valence-corrected chi connectivity index (χ3v) is 16.0. The quantitative estimate of drug-likeness (QED) is 0.0664. The normalized spacial score (nSPS) is 24.1. The number of carbonyl (C=O) groups is 13. The molecule has 2 aliphatic heterocycles. The molecule has 2 fully saturated rings. The fourth-order valence-electron chi connectivity index (χ4n) is 9.32. The van der Waals surface area contributed by atoms with E-state index in [-0.39, 0.29) is 66.7 Å². The van der Waals surface area contributed by atoms with Gasteiger partial charge in [0.15, 0.2) is 0 Å². The van der Waals surface area contributed by atoms with E-state index < -0.39 is 177 Å². The second-order valence-electron chi connectivity index (χ2n) is 21.9. The van der Waals surface area contributed by atoms with E-state index in [1.165, 1.54) is 66.9 Å². The third kappa shape index (κ3) is 25.2. The minimum atomic E-state index is -5.02. The van der Waals surface area contributed by atoms with Crippen LogP contribution in [0.1, 0.15) is 83.8 Å². The number of aromatic hydroxyl groups is 1. The second-order valence-corrected chi connectivity index (χ2v) is 25.1. The number of carboxylic acid groups (broad SMARTS) is 1. The van der Waals surface area contributed by atoms with Crippen LogP contribution >= 0.6 is 31.3 Å². The zero-order chi connectivity index (χ0) is 66.3. The summed E-state index contributed by atoms with van der Waals surface area (Å²) in [5.74, 6) is -14.8. The van der Waals surface area contributed by atoms with Gasteiger partial charge in [-0.25, -0.2) is 4.57 Å². The van der Waals surface area contributed by atoms with Crippen LogP contribution in [0.5, 0.6) is 11.5 Å². The summed E-state index contributed by atoms with van der Waals surface area (Å²) >= 11 is 2.20. The predicted octanol–water partition coefficient (Wildman–Crippen LogP) is -2.94. The van der Waals surface area contributed by atoms with Gasteiger partial charge in [0.2, 0.25) is 70.9 Å². The maximum Gasteiger partial charge on any atom is 0.524 e. The maximum absolute atomic E-state index is 14.5. The first-order valence-corrected chi connectivity index (χ1v) is 32.4. The first-order valence-electron chi connectivity index (χ1n) is 28.3. The Morgan fingerprint density at radius 3 is 1.74 bits per heavy atom. The number of carboxylic acids is 1. The van der Waals surface area contributed by atoms with Gasteiger partial charge in [0.1, 0.15) is 65.9 Å². The number of primary amides is 2. The van der Waals surface area contributed by atoms with Crippen molar-refractivity contribution in [2.24, 2.45) is 23.3 Å². The Hall–Kier alpha value is -8.00. The number of aliphatic carboxylic acids is 1. The number of fused-ring (bicyclic) bond motifs is 1. The van der Waals surface area contributed by atoms with Gasteiger partial charge >= 0.3 is 13.8 Å². The van der Waals surface area contributed by atoms with Crippen LogP contribution in [0.4, 0.5) is 0 Å². The van der Waals surface area contributed by atoms with Gasteiger partial charge in [-0.1, -0.05) is 52.0 Å². The summed E-state index contributed by atoms with van der Waals surface area (Å²) in [6.45, 7) is 5.77. The van der Waals surface area contributed by atoms with E-state index >= 15 is 0 Å². The maximum atomic E-state index is 14.5. The monoisotopic (exact) mass is 1310 g/mol. The smallest absolute Gasteiger partial charge is 0.508 e. The summed E-state index contributed by atoms with van der Waals surface area (Å²) < 4.78 is 16.2. The first kappa shape index (κ1) is 73.5. The molecular weight excluding hydrogens is 1230 g/mol. The van der Waals surface area contributed by atoms with Crippen LogP contribution in [0.2, 0.25) is 0 Å². The number of carbonyl (C=O) groups excluding carboxylic acids is 12. The molecule has 0 radical (unpaired) electrons. The van der Waals surface area contributed by atoms with E-state index in [0.29, 0.717) is 17.7 Å². The summed E-state index contributed by atoms with van der Waals surface area (Å²) in [5, 5.41) is 42.1. The molecule has 4 rings (SSSR count). The Bertz CT molecular complexity index is 2940. The molecule has 0 saturated carbocycles. The molecule has 9 atom stereocenters. The van der Waals surface area contributed by atoms with Gasteiger partial charge in [0.25, 0.3) is 0 Å². The number of nitrogens with one attached hydrogen (secondary N) is 9. The van der Waals surface area contributed by atoms with Crippen molar-refractivity contribution in [3.05, 3.63) is 59.7 Å². The number of phenols is 1. The van der Waals surface area contributed by atoms with Crippen molar-refractivity contribution >= 4 is 108 Å². The minimum Gasteiger partial charge on any atom is -0.508 e. The zero-order valence-electron chi connectivity index (χ0n) is 49.6.